The highest BCUT2D eigenvalue weighted by atomic mass is 16.5. The lowest BCUT2D eigenvalue weighted by Crippen LogP contribution is -2.39. The molecule has 2 N–H and O–H groups in total. The lowest BCUT2D eigenvalue weighted by molar-refractivity contribution is 0.0598. The van der Waals surface area contributed by atoms with E-state index in [9.17, 15) is 5.11 Å². The Morgan fingerprint density at radius 3 is 2.86 bits per heavy atom. The van der Waals surface area contributed by atoms with Crippen molar-refractivity contribution in [3.63, 3.8) is 0 Å². The molecular formula is C26H33NO2. The molecule has 5 rings (SSSR count). The Hall–Kier alpha value is -2.00. The van der Waals surface area contributed by atoms with Crippen LogP contribution in [0.25, 0.3) is 0 Å². The third kappa shape index (κ3) is 3.34. The van der Waals surface area contributed by atoms with Gasteiger partial charge in [-0.1, -0.05) is 31.2 Å². The first kappa shape index (κ1) is 19.0. The third-order valence-corrected chi connectivity index (χ3v) is 8.28. The van der Waals surface area contributed by atoms with Gasteiger partial charge in [-0.15, -0.1) is 0 Å². The monoisotopic (exact) mass is 391 g/mol. The molecule has 29 heavy (non-hydrogen) atoms. The van der Waals surface area contributed by atoms with Crippen LogP contribution in [-0.2, 0) is 13.0 Å². The molecule has 154 valence electrons. The van der Waals surface area contributed by atoms with Gasteiger partial charge in [-0.25, -0.2) is 0 Å². The van der Waals surface area contributed by atoms with Crippen molar-refractivity contribution in [1.82, 2.24) is 5.32 Å². The molecule has 3 nitrogen and oxygen atoms in total. The molecule has 0 amide bonds. The second-order valence-corrected chi connectivity index (χ2v) is 9.82. The minimum absolute atomic E-state index is 0.404. The number of hydrogen-bond acceptors (Lipinski definition) is 3. The van der Waals surface area contributed by atoms with E-state index in [2.05, 4.69) is 30.4 Å². The average molecular weight is 392 g/mol. The summed E-state index contributed by atoms with van der Waals surface area (Å²) in [5, 5.41) is 13.9. The number of rotatable bonds is 4. The number of fused-ring (bicyclic) bond motifs is 5. The maximum absolute atomic E-state index is 10.1. The van der Waals surface area contributed by atoms with Crippen molar-refractivity contribution in [3.8, 4) is 11.5 Å². The average Bonchev–Trinajstić information content (AvgIpc) is 3.09. The van der Waals surface area contributed by atoms with Gasteiger partial charge in [0.15, 0.2) is 0 Å². The standard InChI is InChI=1S/C26H33NO2/c1-26-12-11-22-21-10-8-20(29-2)13-17(21)7-9-23(22)24(26)14-19(15-26)27-16-18-5-3-4-6-25(18)28/h3-6,8,10,13,19,22-24,27-28H,7,9,11-12,14-16H2,1-2H3/t19-,22+,23+,24-,26+/m0/s1. The van der Waals surface area contributed by atoms with Crippen LogP contribution in [0, 0.1) is 17.3 Å². The molecule has 5 atom stereocenters. The highest BCUT2D eigenvalue weighted by Crippen LogP contribution is 2.61. The van der Waals surface area contributed by atoms with Gasteiger partial charge in [0.05, 0.1) is 7.11 Å². The number of aromatic hydroxyl groups is 1. The number of hydrogen-bond donors (Lipinski definition) is 2. The molecule has 3 aliphatic carbocycles. The summed E-state index contributed by atoms with van der Waals surface area (Å²) in [6, 6.07) is 15.0. The van der Waals surface area contributed by atoms with E-state index in [-0.39, 0.29) is 0 Å². The van der Waals surface area contributed by atoms with E-state index in [0.717, 1.165) is 35.6 Å². The number of benzene rings is 2. The number of methoxy groups -OCH3 is 1. The summed E-state index contributed by atoms with van der Waals surface area (Å²) in [6.07, 6.45) is 7.70. The van der Waals surface area contributed by atoms with Gasteiger partial charge >= 0.3 is 0 Å². The number of nitrogens with one attached hydrogen (secondary N) is 1. The normalized spacial score (nSPS) is 32.9. The minimum atomic E-state index is 0.404. The highest BCUT2D eigenvalue weighted by Gasteiger charge is 2.52. The Labute approximate surface area is 174 Å². The molecule has 2 saturated carbocycles. The largest absolute Gasteiger partial charge is 0.508 e. The maximum atomic E-state index is 10.1. The van der Waals surface area contributed by atoms with Crippen LogP contribution in [0.3, 0.4) is 0 Å². The van der Waals surface area contributed by atoms with E-state index in [1.165, 1.54) is 44.1 Å². The number of para-hydroxylation sites is 1. The molecule has 0 aromatic heterocycles. The number of phenolic OH excluding ortho intramolecular Hbond substituents is 1. The van der Waals surface area contributed by atoms with Crippen LogP contribution in [0.1, 0.15) is 61.6 Å². The Morgan fingerprint density at radius 1 is 1.17 bits per heavy atom. The van der Waals surface area contributed by atoms with Crippen molar-refractivity contribution in [1.29, 1.82) is 0 Å². The molecule has 0 unspecified atom stereocenters. The fourth-order valence-corrected chi connectivity index (χ4v) is 6.82. The number of phenols is 1. The second kappa shape index (κ2) is 7.36. The zero-order valence-electron chi connectivity index (χ0n) is 17.7. The summed E-state index contributed by atoms with van der Waals surface area (Å²) in [5.41, 5.74) is 4.57. The zero-order valence-corrected chi connectivity index (χ0v) is 17.7. The first-order valence-electron chi connectivity index (χ1n) is 11.2. The van der Waals surface area contributed by atoms with Crippen molar-refractivity contribution in [3.05, 3.63) is 59.2 Å². The predicted molar refractivity (Wildman–Crippen MR) is 116 cm³/mol. The van der Waals surface area contributed by atoms with Crippen LogP contribution >= 0.6 is 0 Å². The van der Waals surface area contributed by atoms with Crippen molar-refractivity contribution in [2.75, 3.05) is 7.11 Å². The maximum Gasteiger partial charge on any atom is 0.120 e. The third-order valence-electron chi connectivity index (χ3n) is 8.28. The summed E-state index contributed by atoms with van der Waals surface area (Å²) in [7, 11) is 1.76. The molecule has 0 radical (unpaired) electrons. The molecule has 0 aliphatic heterocycles. The quantitative estimate of drug-likeness (QED) is 0.732. The van der Waals surface area contributed by atoms with Gasteiger partial charge in [0.2, 0.25) is 0 Å². The van der Waals surface area contributed by atoms with Gasteiger partial charge in [0.1, 0.15) is 11.5 Å². The Kier molecular flexibility index (Phi) is 4.82. The first-order valence-corrected chi connectivity index (χ1v) is 11.2. The van der Waals surface area contributed by atoms with Crippen LogP contribution in [0.4, 0.5) is 0 Å². The SMILES string of the molecule is COc1ccc2c(c1)CC[C@@H]1[C@@H]2CC[C@]2(C)C[C@@H](NCc3ccccc3O)C[C@@H]12. The van der Waals surface area contributed by atoms with Gasteiger partial charge in [0, 0.05) is 18.2 Å². The van der Waals surface area contributed by atoms with E-state index < -0.39 is 0 Å². The van der Waals surface area contributed by atoms with E-state index in [4.69, 9.17) is 4.74 Å². The molecule has 2 fully saturated rings. The summed E-state index contributed by atoms with van der Waals surface area (Å²) in [4.78, 5) is 0. The van der Waals surface area contributed by atoms with Crippen LogP contribution in [0.2, 0.25) is 0 Å². The van der Waals surface area contributed by atoms with Gasteiger partial charge in [-0.3, -0.25) is 0 Å². The Morgan fingerprint density at radius 2 is 2.03 bits per heavy atom. The van der Waals surface area contributed by atoms with Crippen LogP contribution in [0.15, 0.2) is 42.5 Å². The lowest BCUT2D eigenvalue weighted by Gasteiger charge is -2.49. The first-order chi connectivity index (χ1) is 14.1. The van der Waals surface area contributed by atoms with Crippen molar-refractivity contribution in [2.24, 2.45) is 17.3 Å². The minimum Gasteiger partial charge on any atom is -0.508 e. The molecule has 2 aromatic carbocycles. The van der Waals surface area contributed by atoms with Crippen LogP contribution < -0.4 is 10.1 Å². The van der Waals surface area contributed by atoms with E-state index >= 15 is 0 Å². The molecule has 0 heterocycles. The van der Waals surface area contributed by atoms with E-state index in [1.807, 2.05) is 18.2 Å². The topological polar surface area (TPSA) is 41.5 Å². The lowest BCUT2D eigenvalue weighted by atomic mass is 9.56. The van der Waals surface area contributed by atoms with Gasteiger partial charge < -0.3 is 15.2 Å². The number of aryl methyl sites for hydroxylation is 1. The summed E-state index contributed by atoms with van der Waals surface area (Å²) >= 11 is 0. The molecule has 0 saturated heterocycles. The molecule has 3 heteroatoms. The van der Waals surface area contributed by atoms with Crippen LogP contribution in [0.5, 0.6) is 11.5 Å². The molecular weight excluding hydrogens is 358 g/mol. The highest BCUT2D eigenvalue weighted by molar-refractivity contribution is 5.40. The summed E-state index contributed by atoms with van der Waals surface area (Å²) in [5.74, 6) is 3.74. The molecule has 0 bridgehead atoms. The fraction of sp³-hybridized carbons (Fsp3) is 0.538. The van der Waals surface area contributed by atoms with Crippen molar-refractivity contribution in [2.45, 2.75) is 64.0 Å². The summed E-state index contributed by atoms with van der Waals surface area (Å²) < 4.78 is 5.46. The van der Waals surface area contributed by atoms with Crippen LogP contribution in [-0.4, -0.2) is 18.3 Å². The van der Waals surface area contributed by atoms with Gasteiger partial charge in [-0.05, 0) is 91.0 Å². The smallest absolute Gasteiger partial charge is 0.120 e. The zero-order chi connectivity index (χ0) is 20.0. The fourth-order valence-electron chi connectivity index (χ4n) is 6.82. The Balaban J connectivity index is 1.31. The molecule has 3 aliphatic rings. The van der Waals surface area contributed by atoms with Gasteiger partial charge in [-0.2, -0.15) is 0 Å². The Bertz CT molecular complexity index is 894. The number of ether oxygens (including phenoxy) is 1. The summed E-state index contributed by atoms with van der Waals surface area (Å²) in [6.45, 7) is 3.30. The predicted octanol–water partition coefficient (Wildman–Crippen LogP) is 5.42. The second-order valence-electron chi connectivity index (χ2n) is 9.82. The van der Waals surface area contributed by atoms with E-state index in [0.29, 0.717) is 17.2 Å². The molecule has 2 aromatic rings. The van der Waals surface area contributed by atoms with E-state index in [1.54, 1.807) is 18.7 Å². The van der Waals surface area contributed by atoms with Crippen molar-refractivity contribution >= 4 is 0 Å². The van der Waals surface area contributed by atoms with Crippen molar-refractivity contribution < 1.29 is 9.84 Å². The molecule has 0 spiro atoms. The van der Waals surface area contributed by atoms with Gasteiger partial charge in [0.25, 0.3) is 0 Å².